The fourth-order valence-electron chi connectivity index (χ4n) is 1.94. The average molecular weight is 234 g/mol. The Morgan fingerprint density at radius 3 is 3.06 bits per heavy atom. The first kappa shape index (κ1) is 12.0. The predicted octanol–water partition coefficient (Wildman–Crippen LogP) is 0.314. The molecule has 0 unspecified atom stereocenters. The van der Waals surface area contributed by atoms with E-state index in [4.69, 9.17) is 0 Å². The zero-order chi connectivity index (χ0) is 12.1. The van der Waals surface area contributed by atoms with Crippen LogP contribution in [-0.4, -0.2) is 48.0 Å². The third-order valence-electron chi connectivity index (χ3n) is 2.95. The van der Waals surface area contributed by atoms with Gasteiger partial charge >= 0.3 is 0 Å². The van der Waals surface area contributed by atoms with Gasteiger partial charge in [-0.3, -0.25) is 14.7 Å². The van der Waals surface area contributed by atoms with Crippen LogP contribution in [0.5, 0.6) is 0 Å². The van der Waals surface area contributed by atoms with E-state index in [1.165, 1.54) is 0 Å². The molecular formula is C12H18N4O. The molecule has 0 aliphatic carbocycles. The van der Waals surface area contributed by atoms with Crippen LogP contribution in [0.25, 0.3) is 0 Å². The highest BCUT2D eigenvalue weighted by Gasteiger charge is 2.19. The number of amides is 1. The molecule has 1 aromatic heterocycles. The van der Waals surface area contributed by atoms with Crippen molar-refractivity contribution in [2.24, 2.45) is 0 Å². The number of carbonyl (C=O) groups is 1. The zero-order valence-corrected chi connectivity index (χ0v) is 10.0. The van der Waals surface area contributed by atoms with Gasteiger partial charge in [0.1, 0.15) is 0 Å². The topological polar surface area (TPSA) is 57.3 Å². The van der Waals surface area contributed by atoms with E-state index in [0.29, 0.717) is 12.6 Å². The van der Waals surface area contributed by atoms with Gasteiger partial charge in [-0.15, -0.1) is 0 Å². The van der Waals surface area contributed by atoms with E-state index >= 15 is 0 Å². The predicted molar refractivity (Wildman–Crippen MR) is 66.8 cm³/mol. The molecule has 2 N–H and O–H groups in total. The number of anilines is 1. The van der Waals surface area contributed by atoms with Gasteiger partial charge in [-0.25, -0.2) is 0 Å². The number of nitrogens with one attached hydrogen (secondary N) is 2. The molecular weight excluding hydrogens is 216 g/mol. The molecule has 0 radical (unpaired) electrons. The van der Waals surface area contributed by atoms with Crippen LogP contribution in [0.3, 0.4) is 0 Å². The molecule has 92 valence electrons. The molecule has 2 rings (SSSR count). The summed E-state index contributed by atoms with van der Waals surface area (Å²) in [5.41, 5.74) is 0.799. The summed E-state index contributed by atoms with van der Waals surface area (Å²) in [4.78, 5) is 17.9. The maximum absolute atomic E-state index is 11.8. The lowest BCUT2D eigenvalue weighted by Crippen LogP contribution is -2.51. The van der Waals surface area contributed by atoms with Crippen LogP contribution in [0, 0.1) is 0 Å². The summed E-state index contributed by atoms with van der Waals surface area (Å²) >= 11 is 0. The molecule has 1 fully saturated rings. The van der Waals surface area contributed by atoms with E-state index in [1.54, 1.807) is 24.5 Å². The van der Waals surface area contributed by atoms with E-state index in [1.807, 2.05) is 0 Å². The van der Waals surface area contributed by atoms with Crippen LogP contribution in [0.15, 0.2) is 24.5 Å². The first-order valence-electron chi connectivity index (χ1n) is 5.90. The summed E-state index contributed by atoms with van der Waals surface area (Å²) in [7, 11) is 0. The van der Waals surface area contributed by atoms with Crippen LogP contribution in [0.1, 0.15) is 6.92 Å². The summed E-state index contributed by atoms with van der Waals surface area (Å²) < 4.78 is 0. The number of carbonyl (C=O) groups excluding carboxylic acids is 1. The Morgan fingerprint density at radius 1 is 1.59 bits per heavy atom. The molecule has 17 heavy (non-hydrogen) atoms. The Bertz CT molecular complexity index is 368. The molecule has 1 aliphatic heterocycles. The third kappa shape index (κ3) is 3.51. The van der Waals surface area contributed by atoms with Crippen molar-refractivity contribution in [2.45, 2.75) is 13.0 Å². The number of hydrogen-bond donors (Lipinski definition) is 2. The van der Waals surface area contributed by atoms with Crippen molar-refractivity contribution in [1.82, 2.24) is 15.2 Å². The fourth-order valence-corrected chi connectivity index (χ4v) is 1.94. The number of rotatable bonds is 3. The molecule has 0 spiro atoms. The van der Waals surface area contributed by atoms with Gasteiger partial charge in [-0.2, -0.15) is 0 Å². The minimum absolute atomic E-state index is 0.0324. The second-order valence-electron chi connectivity index (χ2n) is 4.31. The quantitative estimate of drug-likeness (QED) is 0.790. The number of hydrogen-bond acceptors (Lipinski definition) is 4. The SMILES string of the molecule is C[C@@H]1CNCCN1CC(=O)Nc1ccncc1. The van der Waals surface area contributed by atoms with Gasteiger partial charge in [0.15, 0.2) is 0 Å². The minimum Gasteiger partial charge on any atom is -0.325 e. The summed E-state index contributed by atoms with van der Waals surface area (Å²) in [5.74, 6) is 0.0324. The number of nitrogens with zero attached hydrogens (tertiary/aromatic N) is 2. The van der Waals surface area contributed by atoms with E-state index < -0.39 is 0 Å². The molecule has 1 saturated heterocycles. The molecule has 5 nitrogen and oxygen atoms in total. The van der Waals surface area contributed by atoms with Gasteiger partial charge in [0.25, 0.3) is 0 Å². The van der Waals surface area contributed by atoms with Crippen molar-refractivity contribution in [3.63, 3.8) is 0 Å². The van der Waals surface area contributed by atoms with Crippen LogP contribution in [0.2, 0.25) is 0 Å². The Labute approximate surface area is 101 Å². The van der Waals surface area contributed by atoms with Crippen molar-refractivity contribution < 1.29 is 4.79 Å². The van der Waals surface area contributed by atoms with Gasteiger partial charge in [-0.05, 0) is 19.1 Å². The summed E-state index contributed by atoms with van der Waals surface area (Å²) in [5, 5.41) is 6.17. The maximum atomic E-state index is 11.8. The van der Waals surface area contributed by atoms with Crippen molar-refractivity contribution in [2.75, 3.05) is 31.5 Å². The van der Waals surface area contributed by atoms with E-state index in [0.717, 1.165) is 25.3 Å². The highest BCUT2D eigenvalue weighted by atomic mass is 16.2. The summed E-state index contributed by atoms with van der Waals surface area (Å²) in [6.07, 6.45) is 3.34. The largest absolute Gasteiger partial charge is 0.325 e. The zero-order valence-electron chi connectivity index (χ0n) is 10.0. The highest BCUT2D eigenvalue weighted by molar-refractivity contribution is 5.92. The Hall–Kier alpha value is -1.46. The lowest BCUT2D eigenvalue weighted by Gasteiger charge is -2.33. The van der Waals surface area contributed by atoms with E-state index in [9.17, 15) is 4.79 Å². The first-order chi connectivity index (χ1) is 8.25. The molecule has 1 atom stereocenters. The van der Waals surface area contributed by atoms with Crippen molar-refractivity contribution in [3.8, 4) is 0 Å². The molecule has 0 aromatic carbocycles. The van der Waals surface area contributed by atoms with Crippen molar-refractivity contribution >= 4 is 11.6 Å². The van der Waals surface area contributed by atoms with Crippen molar-refractivity contribution in [1.29, 1.82) is 0 Å². The van der Waals surface area contributed by atoms with Gasteiger partial charge in [0.2, 0.25) is 5.91 Å². The van der Waals surface area contributed by atoms with E-state index in [2.05, 4.69) is 27.4 Å². The number of piperazine rings is 1. The van der Waals surface area contributed by atoms with Crippen molar-refractivity contribution in [3.05, 3.63) is 24.5 Å². The molecule has 2 heterocycles. The third-order valence-corrected chi connectivity index (χ3v) is 2.95. The molecule has 1 aliphatic rings. The fraction of sp³-hybridized carbons (Fsp3) is 0.500. The molecule has 5 heteroatoms. The Balaban J connectivity index is 1.84. The number of pyridine rings is 1. The lowest BCUT2D eigenvalue weighted by atomic mass is 10.2. The molecule has 0 bridgehead atoms. The monoisotopic (exact) mass is 234 g/mol. The normalized spacial score (nSPS) is 21.1. The van der Waals surface area contributed by atoms with Gasteiger partial charge in [0.05, 0.1) is 6.54 Å². The maximum Gasteiger partial charge on any atom is 0.238 e. The van der Waals surface area contributed by atoms with Gasteiger partial charge < -0.3 is 10.6 Å². The van der Waals surface area contributed by atoms with E-state index in [-0.39, 0.29) is 5.91 Å². The highest BCUT2D eigenvalue weighted by Crippen LogP contribution is 2.05. The molecule has 1 amide bonds. The Kier molecular flexibility index (Phi) is 4.06. The second-order valence-corrected chi connectivity index (χ2v) is 4.31. The summed E-state index contributed by atoms with van der Waals surface area (Å²) in [6, 6.07) is 3.99. The van der Waals surface area contributed by atoms with Crippen LogP contribution in [0.4, 0.5) is 5.69 Å². The smallest absolute Gasteiger partial charge is 0.238 e. The van der Waals surface area contributed by atoms with Crippen LogP contribution < -0.4 is 10.6 Å². The number of aromatic nitrogens is 1. The standard InChI is InChI=1S/C12H18N4O/c1-10-8-14-6-7-16(10)9-12(17)15-11-2-4-13-5-3-11/h2-5,10,14H,6-9H2,1H3,(H,13,15,17)/t10-/m1/s1. The van der Waals surface area contributed by atoms with Crippen LogP contribution >= 0.6 is 0 Å². The minimum atomic E-state index is 0.0324. The van der Waals surface area contributed by atoms with Crippen LogP contribution in [-0.2, 0) is 4.79 Å². The summed E-state index contributed by atoms with van der Waals surface area (Å²) in [6.45, 7) is 5.40. The first-order valence-corrected chi connectivity index (χ1v) is 5.90. The average Bonchev–Trinajstić information content (AvgIpc) is 2.33. The molecule has 0 saturated carbocycles. The molecule has 1 aromatic rings. The second kappa shape index (κ2) is 5.75. The lowest BCUT2D eigenvalue weighted by molar-refractivity contribution is -0.118. The van der Waals surface area contributed by atoms with Gasteiger partial charge in [0, 0.05) is 43.8 Å². The Morgan fingerprint density at radius 2 is 2.35 bits per heavy atom. The van der Waals surface area contributed by atoms with Gasteiger partial charge in [-0.1, -0.05) is 0 Å².